The van der Waals surface area contributed by atoms with Crippen LogP contribution in [0.25, 0.3) is 0 Å². The summed E-state index contributed by atoms with van der Waals surface area (Å²) in [4.78, 5) is 3.93. The third-order valence-corrected chi connectivity index (χ3v) is 1.73. The van der Waals surface area contributed by atoms with Gasteiger partial charge in [0.25, 0.3) is 0 Å². The van der Waals surface area contributed by atoms with Gasteiger partial charge in [0.05, 0.1) is 0 Å². The molecule has 0 unspecified atom stereocenters. The van der Waals surface area contributed by atoms with Gasteiger partial charge in [-0.3, -0.25) is 0 Å². The van der Waals surface area contributed by atoms with E-state index in [4.69, 9.17) is 0 Å². The minimum absolute atomic E-state index is 0.793. The van der Waals surface area contributed by atoms with Gasteiger partial charge in [-0.25, -0.2) is 0 Å². The molecule has 17 heteroatoms. The van der Waals surface area contributed by atoms with E-state index >= 15 is 0 Å². The number of hydrogen-bond acceptors (Lipinski definition) is 1. The van der Waals surface area contributed by atoms with Crippen LogP contribution in [0, 0.1) is 0 Å². The van der Waals surface area contributed by atoms with E-state index in [-0.39, 0.29) is 0 Å². The van der Waals surface area contributed by atoms with Crippen LogP contribution in [0.1, 0.15) is 0 Å². The van der Waals surface area contributed by atoms with E-state index in [2.05, 4.69) is 11.1 Å². The Labute approximate surface area is 150 Å². The summed E-state index contributed by atoms with van der Waals surface area (Å²) < 4.78 is 118. The Morgan fingerprint density at radius 1 is 0.682 bits per heavy atom. The van der Waals surface area contributed by atoms with Gasteiger partial charge in [-0.05, 0) is 0 Å². The van der Waals surface area contributed by atoms with Crippen LogP contribution in [0.3, 0.4) is 0 Å². The molecule has 22 heavy (non-hydrogen) atoms. The van der Waals surface area contributed by atoms with Gasteiger partial charge in [0, 0.05) is 0 Å². The van der Waals surface area contributed by atoms with E-state index in [1.807, 2.05) is 12.3 Å². The zero-order valence-corrected chi connectivity index (χ0v) is 13.6. The van der Waals surface area contributed by atoms with E-state index in [1.54, 1.807) is 6.20 Å². The molecule has 1 aromatic heterocycles. The molecule has 0 bridgehead atoms. The van der Waals surface area contributed by atoms with Crippen molar-refractivity contribution in [3.8, 4) is 0 Å². The first-order valence-electron chi connectivity index (χ1n) is 4.88. The van der Waals surface area contributed by atoms with Gasteiger partial charge in [0.2, 0.25) is 0 Å². The Morgan fingerprint density at radius 3 is 1.05 bits per heavy atom. The van der Waals surface area contributed by atoms with E-state index in [0.717, 1.165) is 49.0 Å². The third kappa shape index (κ3) is 111. The molecule has 0 aromatic carbocycles. The summed E-state index contributed by atoms with van der Waals surface area (Å²) in [5.74, 6) is 0. The maximum atomic E-state index is 9.75. The second-order valence-electron chi connectivity index (χ2n) is 3.01. The molecule has 0 atom stereocenters. The predicted molar refractivity (Wildman–Crippen MR) is 60.2 cm³/mol. The average molecular weight is 378 g/mol. The van der Waals surface area contributed by atoms with Crippen LogP contribution >= 0.6 is 0 Å². The number of nitrogens with zero attached hydrogens (tertiary/aromatic N) is 1. The van der Waals surface area contributed by atoms with Crippen LogP contribution in [0.2, 0.25) is 0 Å². The van der Waals surface area contributed by atoms with Crippen molar-refractivity contribution in [2.24, 2.45) is 0 Å². The first kappa shape index (κ1) is 27.0. The normalized spacial score (nSPS) is 11.0. The molecule has 0 saturated heterocycles. The first-order valence-corrected chi connectivity index (χ1v) is 6.44. The van der Waals surface area contributed by atoms with Crippen molar-refractivity contribution in [1.82, 2.24) is 4.98 Å². The molecule has 0 spiro atoms. The SMILES string of the molecule is F[B-](F)(F)F.F[B-](F)(F)F.F[B-](F)(F)F.[K][c]1cccnc1. The van der Waals surface area contributed by atoms with Gasteiger partial charge >= 0.3 is 99.9 Å². The number of hydrogen-bond donors (Lipinski definition) is 0. The van der Waals surface area contributed by atoms with E-state index in [0.29, 0.717) is 0 Å². The third-order valence-electron chi connectivity index (χ3n) is 0.809. The Bertz CT molecular complexity index is 317. The fraction of sp³-hybridized carbons (Fsp3) is 0. The average Bonchev–Trinajstić information content (AvgIpc) is 2.09. The van der Waals surface area contributed by atoms with Crippen molar-refractivity contribution in [3.63, 3.8) is 0 Å². The molecular formula is C5H4B3F12KN-3. The predicted octanol–water partition coefficient (Wildman–Crippen LogP) is 3.78. The molecule has 0 aliphatic heterocycles. The van der Waals surface area contributed by atoms with E-state index in [9.17, 15) is 51.8 Å². The summed E-state index contributed by atoms with van der Waals surface area (Å²) in [6, 6.07) is 4.08. The molecule has 0 fully saturated rings. The standard InChI is InChI=1S/C5H4N.3BF4.K/c1-2-4-6-5-3-1;3*2-1(3,4)5;/h1-2,4-5H;;;;/q;3*-1;. The van der Waals surface area contributed by atoms with Gasteiger partial charge in [-0.1, -0.05) is 0 Å². The second-order valence-corrected chi connectivity index (χ2v) is 4.82. The monoisotopic (exact) mass is 378 g/mol. The fourth-order valence-electron chi connectivity index (χ4n) is 0.448. The van der Waals surface area contributed by atoms with Crippen LogP contribution in [0.4, 0.5) is 51.8 Å². The summed E-state index contributed by atoms with van der Waals surface area (Å²) in [7, 11) is -18.0. The topological polar surface area (TPSA) is 12.9 Å². The summed E-state index contributed by atoms with van der Waals surface area (Å²) in [6.45, 7) is 0. The molecular weight excluding hydrogens is 374 g/mol. The molecule has 0 saturated carbocycles. The van der Waals surface area contributed by atoms with Crippen LogP contribution in [0.15, 0.2) is 24.5 Å². The molecule has 0 aliphatic rings. The Hall–Kier alpha value is 0.141. The number of halogens is 12. The zero-order valence-electron chi connectivity index (χ0n) is 10.5. The maximum absolute atomic E-state index is 9.75. The van der Waals surface area contributed by atoms with Crippen molar-refractivity contribution < 1.29 is 51.8 Å². The van der Waals surface area contributed by atoms with Crippen LogP contribution in [-0.2, 0) is 0 Å². The van der Waals surface area contributed by atoms with Gasteiger partial charge in [0.1, 0.15) is 0 Å². The van der Waals surface area contributed by atoms with Crippen LogP contribution in [0.5, 0.6) is 0 Å². The Balaban J connectivity index is -0.000000223. The van der Waals surface area contributed by atoms with Gasteiger partial charge in [0.15, 0.2) is 0 Å². The van der Waals surface area contributed by atoms with Crippen molar-refractivity contribution in [2.75, 3.05) is 0 Å². The molecule has 0 radical (unpaired) electrons. The van der Waals surface area contributed by atoms with Crippen molar-refractivity contribution in [1.29, 1.82) is 0 Å². The quantitative estimate of drug-likeness (QED) is 0.495. The van der Waals surface area contributed by atoms with Gasteiger partial charge in [-0.15, -0.1) is 0 Å². The van der Waals surface area contributed by atoms with Crippen molar-refractivity contribution in [3.05, 3.63) is 24.5 Å². The second kappa shape index (κ2) is 12.6. The Morgan fingerprint density at radius 2 is 0.955 bits per heavy atom. The van der Waals surface area contributed by atoms with Crippen LogP contribution in [-0.4, -0.2) is 75.7 Å². The van der Waals surface area contributed by atoms with E-state index in [1.165, 1.54) is -0.342 Å². The molecule has 1 rings (SSSR count). The first-order chi connectivity index (χ1) is 9.39. The molecule has 1 heterocycles. The van der Waals surface area contributed by atoms with Gasteiger partial charge in [-0.2, -0.15) is 0 Å². The summed E-state index contributed by atoms with van der Waals surface area (Å²) in [6.07, 6.45) is 3.72. The molecule has 0 aliphatic carbocycles. The fourth-order valence-corrected chi connectivity index (χ4v) is 0.981. The van der Waals surface area contributed by atoms with Crippen LogP contribution < -0.4 is -0.342 Å². The van der Waals surface area contributed by atoms with Crippen molar-refractivity contribution >= 4 is 70.4 Å². The Kier molecular flexibility index (Phi) is 15.4. The molecule has 0 amide bonds. The minimum atomic E-state index is -6.00. The molecule has 1 aromatic rings. The number of rotatable bonds is 0. The van der Waals surface area contributed by atoms with Gasteiger partial charge < -0.3 is 51.8 Å². The summed E-state index contributed by atoms with van der Waals surface area (Å²) >= 11 is 0.793. The number of aromatic nitrogens is 1. The summed E-state index contributed by atoms with van der Waals surface area (Å²) in [5, 5.41) is 0. The molecule has 1 nitrogen and oxygen atoms in total. The molecule has 0 N–H and O–H groups in total. The van der Waals surface area contributed by atoms with Crippen molar-refractivity contribution in [2.45, 2.75) is 0 Å². The number of pyridine rings is 1. The molecule has 126 valence electrons. The zero-order chi connectivity index (χ0) is 18.6. The van der Waals surface area contributed by atoms with E-state index < -0.39 is 21.8 Å². The summed E-state index contributed by atoms with van der Waals surface area (Å²) in [5.41, 5.74) is 0.